The summed E-state index contributed by atoms with van der Waals surface area (Å²) in [5.74, 6) is -0.0626. The highest BCUT2D eigenvalue weighted by atomic mass is 35.5. The summed E-state index contributed by atoms with van der Waals surface area (Å²) in [5, 5.41) is 7.51. The Morgan fingerprint density at radius 2 is 2.19 bits per heavy atom. The second kappa shape index (κ2) is 4.59. The van der Waals surface area contributed by atoms with E-state index in [0.717, 1.165) is 0 Å². The fourth-order valence-electron chi connectivity index (χ4n) is 1.26. The Balaban J connectivity index is 2.39. The molecule has 0 saturated heterocycles. The van der Waals surface area contributed by atoms with Gasteiger partial charge in [-0.15, -0.1) is 10.2 Å². The molecule has 0 aliphatic heterocycles. The van der Waals surface area contributed by atoms with Crippen LogP contribution in [0.25, 0.3) is 11.5 Å². The highest BCUT2D eigenvalue weighted by Gasteiger charge is 2.14. The Morgan fingerprint density at radius 3 is 2.94 bits per heavy atom. The van der Waals surface area contributed by atoms with Crippen molar-refractivity contribution in [2.45, 2.75) is 6.42 Å². The number of nitrogens with two attached hydrogens (primary N) is 1. The maximum Gasteiger partial charge on any atom is 0.250 e. The third kappa shape index (κ3) is 2.05. The van der Waals surface area contributed by atoms with Crippen molar-refractivity contribution in [1.82, 2.24) is 10.2 Å². The van der Waals surface area contributed by atoms with E-state index in [0.29, 0.717) is 18.9 Å². The van der Waals surface area contributed by atoms with E-state index in [9.17, 15) is 4.39 Å². The van der Waals surface area contributed by atoms with Gasteiger partial charge in [0, 0.05) is 13.0 Å². The third-order valence-corrected chi connectivity index (χ3v) is 2.30. The lowest BCUT2D eigenvalue weighted by atomic mass is 10.2. The average molecular weight is 242 g/mol. The lowest BCUT2D eigenvalue weighted by Crippen LogP contribution is -2.02. The average Bonchev–Trinajstić information content (AvgIpc) is 2.71. The molecule has 1 aromatic carbocycles. The molecule has 1 aromatic heterocycles. The van der Waals surface area contributed by atoms with Gasteiger partial charge in [-0.2, -0.15) is 0 Å². The predicted octanol–water partition coefficient (Wildman–Crippen LogP) is 2.03. The monoisotopic (exact) mass is 241 g/mol. The number of rotatable bonds is 3. The van der Waals surface area contributed by atoms with Crippen LogP contribution in [0.4, 0.5) is 4.39 Å². The molecule has 0 aliphatic carbocycles. The highest BCUT2D eigenvalue weighted by Crippen LogP contribution is 2.26. The van der Waals surface area contributed by atoms with E-state index in [2.05, 4.69) is 10.2 Å². The zero-order valence-electron chi connectivity index (χ0n) is 8.28. The minimum absolute atomic E-state index is 0.0241. The Labute approximate surface area is 96.2 Å². The first-order valence-electron chi connectivity index (χ1n) is 4.69. The van der Waals surface area contributed by atoms with Crippen molar-refractivity contribution in [3.8, 4) is 11.5 Å². The molecule has 0 bridgehead atoms. The Kier molecular flexibility index (Phi) is 3.17. The summed E-state index contributed by atoms with van der Waals surface area (Å²) in [6, 6.07) is 4.60. The Hall–Kier alpha value is -1.46. The Morgan fingerprint density at radius 1 is 1.38 bits per heavy atom. The molecule has 0 amide bonds. The number of nitrogens with zero attached hydrogens (tertiary/aromatic N) is 2. The molecular weight excluding hydrogens is 233 g/mol. The maximum absolute atomic E-state index is 13.6. The van der Waals surface area contributed by atoms with Crippen LogP contribution in [0.5, 0.6) is 0 Å². The standard InChI is InChI=1S/C10H9ClFN3O/c11-7-3-1-2-6(9(7)12)10-15-14-8(16-10)4-5-13/h1-3H,4-5,13H2. The summed E-state index contributed by atoms with van der Waals surface area (Å²) in [5.41, 5.74) is 5.54. The normalized spacial score (nSPS) is 10.7. The van der Waals surface area contributed by atoms with Crippen LogP contribution in [0.2, 0.25) is 5.02 Å². The fraction of sp³-hybridized carbons (Fsp3) is 0.200. The van der Waals surface area contributed by atoms with Crippen LogP contribution in [-0.4, -0.2) is 16.7 Å². The molecule has 0 unspecified atom stereocenters. The van der Waals surface area contributed by atoms with E-state index in [1.54, 1.807) is 6.07 Å². The van der Waals surface area contributed by atoms with Gasteiger partial charge in [0.05, 0.1) is 10.6 Å². The van der Waals surface area contributed by atoms with Crippen LogP contribution in [0, 0.1) is 5.82 Å². The van der Waals surface area contributed by atoms with Gasteiger partial charge in [0.15, 0.2) is 5.82 Å². The van der Waals surface area contributed by atoms with Gasteiger partial charge in [0.25, 0.3) is 5.89 Å². The second-order valence-corrected chi connectivity index (χ2v) is 3.55. The minimum Gasteiger partial charge on any atom is -0.421 e. The lowest BCUT2D eigenvalue weighted by Gasteiger charge is -1.98. The summed E-state index contributed by atoms with van der Waals surface area (Å²) >= 11 is 5.65. The fourth-order valence-corrected chi connectivity index (χ4v) is 1.43. The SMILES string of the molecule is NCCc1nnc(-c2cccc(Cl)c2F)o1. The van der Waals surface area contributed by atoms with Crippen LogP contribution in [0.15, 0.2) is 22.6 Å². The van der Waals surface area contributed by atoms with Crippen LogP contribution in [0.1, 0.15) is 5.89 Å². The molecule has 0 fully saturated rings. The van der Waals surface area contributed by atoms with Gasteiger partial charge in [0.1, 0.15) is 0 Å². The van der Waals surface area contributed by atoms with Crippen LogP contribution in [-0.2, 0) is 6.42 Å². The Bertz CT molecular complexity index is 501. The largest absolute Gasteiger partial charge is 0.421 e. The molecule has 6 heteroatoms. The number of aromatic nitrogens is 2. The van der Waals surface area contributed by atoms with E-state index in [1.807, 2.05) is 0 Å². The topological polar surface area (TPSA) is 64.9 Å². The smallest absolute Gasteiger partial charge is 0.250 e. The van der Waals surface area contributed by atoms with Gasteiger partial charge in [-0.25, -0.2) is 4.39 Å². The third-order valence-electron chi connectivity index (χ3n) is 2.01. The first kappa shape index (κ1) is 11.0. The lowest BCUT2D eigenvalue weighted by molar-refractivity contribution is 0.503. The van der Waals surface area contributed by atoms with Gasteiger partial charge in [-0.1, -0.05) is 17.7 Å². The van der Waals surface area contributed by atoms with Gasteiger partial charge in [-0.3, -0.25) is 0 Å². The number of halogens is 2. The van der Waals surface area contributed by atoms with Crippen LogP contribution in [0.3, 0.4) is 0 Å². The first-order valence-corrected chi connectivity index (χ1v) is 5.07. The first-order chi connectivity index (χ1) is 7.72. The molecule has 0 aliphatic rings. The molecule has 84 valence electrons. The summed E-state index contributed by atoms with van der Waals surface area (Å²) in [7, 11) is 0. The highest BCUT2D eigenvalue weighted by molar-refractivity contribution is 6.31. The van der Waals surface area contributed by atoms with Gasteiger partial charge in [-0.05, 0) is 12.1 Å². The summed E-state index contributed by atoms with van der Waals surface area (Å²) in [6.07, 6.45) is 0.467. The molecular formula is C10H9ClFN3O. The van der Waals surface area contributed by atoms with Crippen molar-refractivity contribution in [2.24, 2.45) is 5.73 Å². The molecule has 16 heavy (non-hydrogen) atoms. The van der Waals surface area contributed by atoms with Crippen molar-refractivity contribution in [1.29, 1.82) is 0 Å². The molecule has 0 saturated carbocycles. The van der Waals surface area contributed by atoms with E-state index >= 15 is 0 Å². The molecule has 0 radical (unpaired) electrons. The van der Waals surface area contributed by atoms with E-state index in [-0.39, 0.29) is 16.5 Å². The molecule has 2 aromatic rings. The molecule has 4 nitrogen and oxygen atoms in total. The maximum atomic E-state index is 13.6. The van der Waals surface area contributed by atoms with Crippen molar-refractivity contribution < 1.29 is 8.81 Å². The van der Waals surface area contributed by atoms with Crippen LogP contribution < -0.4 is 5.73 Å². The zero-order valence-corrected chi connectivity index (χ0v) is 9.04. The van der Waals surface area contributed by atoms with E-state index in [1.165, 1.54) is 12.1 Å². The van der Waals surface area contributed by atoms with Crippen molar-refractivity contribution in [3.63, 3.8) is 0 Å². The number of benzene rings is 1. The van der Waals surface area contributed by atoms with Crippen molar-refractivity contribution in [2.75, 3.05) is 6.54 Å². The van der Waals surface area contributed by atoms with Gasteiger partial charge < -0.3 is 10.2 Å². The molecule has 1 heterocycles. The minimum atomic E-state index is -0.563. The van der Waals surface area contributed by atoms with Crippen molar-refractivity contribution in [3.05, 3.63) is 34.9 Å². The van der Waals surface area contributed by atoms with Crippen molar-refractivity contribution >= 4 is 11.6 Å². The van der Waals surface area contributed by atoms with E-state index in [4.69, 9.17) is 21.8 Å². The quantitative estimate of drug-likeness (QED) is 0.893. The van der Waals surface area contributed by atoms with Gasteiger partial charge in [0.2, 0.25) is 5.89 Å². The molecule has 0 spiro atoms. The summed E-state index contributed by atoms with van der Waals surface area (Å²) in [6.45, 7) is 0.402. The summed E-state index contributed by atoms with van der Waals surface area (Å²) in [4.78, 5) is 0. The predicted molar refractivity (Wildman–Crippen MR) is 57.5 cm³/mol. The van der Waals surface area contributed by atoms with Gasteiger partial charge >= 0.3 is 0 Å². The number of hydrogen-bond acceptors (Lipinski definition) is 4. The molecule has 0 atom stereocenters. The molecule has 2 N–H and O–H groups in total. The second-order valence-electron chi connectivity index (χ2n) is 3.14. The summed E-state index contributed by atoms with van der Waals surface area (Å²) < 4.78 is 18.8. The number of hydrogen-bond donors (Lipinski definition) is 1. The molecule has 2 rings (SSSR count). The van der Waals surface area contributed by atoms with E-state index < -0.39 is 5.82 Å². The van der Waals surface area contributed by atoms with Crippen LogP contribution >= 0.6 is 11.6 Å². The zero-order chi connectivity index (χ0) is 11.5.